The lowest BCUT2D eigenvalue weighted by Gasteiger charge is -2.44. The molecule has 2 aliphatic rings. The van der Waals surface area contributed by atoms with Crippen LogP contribution in [-0.4, -0.2) is 37.7 Å². The molecule has 1 aromatic rings. The summed E-state index contributed by atoms with van der Waals surface area (Å²) >= 11 is 0. The Labute approximate surface area is 107 Å². The first-order chi connectivity index (χ1) is 8.73. The van der Waals surface area contributed by atoms with Crippen molar-refractivity contribution >= 4 is 11.6 Å². The first-order valence-corrected chi connectivity index (χ1v) is 6.40. The van der Waals surface area contributed by atoms with Crippen molar-refractivity contribution in [1.82, 2.24) is 5.32 Å². The van der Waals surface area contributed by atoms with Gasteiger partial charge >= 0.3 is 0 Å². The topological polar surface area (TPSA) is 41.6 Å². The fourth-order valence-electron chi connectivity index (χ4n) is 2.97. The summed E-state index contributed by atoms with van der Waals surface area (Å²) < 4.78 is 5.48. The van der Waals surface area contributed by atoms with Gasteiger partial charge in [-0.15, -0.1) is 0 Å². The van der Waals surface area contributed by atoms with Crippen LogP contribution >= 0.6 is 0 Å². The van der Waals surface area contributed by atoms with E-state index in [4.69, 9.17) is 4.74 Å². The average Bonchev–Trinajstić information content (AvgIpc) is 2.80. The molecule has 2 fully saturated rings. The first kappa shape index (κ1) is 11.7. The Kier molecular flexibility index (Phi) is 2.84. The maximum Gasteiger partial charge on any atom is 0.253 e. The fourth-order valence-corrected chi connectivity index (χ4v) is 2.97. The number of para-hydroxylation sites is 1. The van der Waals surface area contributed by atoms with Gasteiger partial charge in [-0.2, -0.15) is 0 Å². The molecule has 3 rings (SSSR count). The van der Waals surface area contributed by atoms with E-state index in [0.717, 1.165) is 30.8 Å². The maximum atomic E-state index is 12.3. The summed E-state index contributed by atoms with van der Waals surface area (Å²) in [6, 6.07) is 8.07. The van der Waals surface area contributed by atoms with Gasteiger partial charge in [0.05, 0.1) is 12.1 Å². The van der Waals surface area contributed by atoms with Crippen molar-refractivity contribution < 1.29 is 9.53 Å². The molecule has 1 N–H and O–H groups in total. The summed E-state index contributed by atoms with van der Waals surface area (Å²) in [5, 5.41) is 3.35. The van der Waals surface area contributed by atoms with Crippen molar-refractivity contribution in [3.63, 3.8) is 0 Å². The predicted octanol–water partition coefficient (Wildman–Crippen LogP) is 1.09. The van der Waals surface area contributed by atoms with Crippen molar-refractivity contribution in [3.8, 4) is 0 Å². The molecular formula is C14H18N2O2. The number of rotatable bonds is 1. The number of benzene rings is 1. The molecule has 1 amide bonds. The molecule has 96 valence electrons. The molecule has 0 saturated carbocycles. The smallest absolute Gasteiger partial charge is 0.253 e. The van der Waals surface area contributed by atoms with Gasteiger partial charge in [-0.1, -0.05) is 18.2 Å². The first-order valence-electron chi connectivity index (χ1n) is 6.40. The van der Waals surface area contributed by atoms with Crippen molar-refractivity contribution in [2.24, 2.45) is 0 Å². The number of carbonyl (C=O) groups is 1. The SMILES string of the molecule is Cc1ccccc1N1C(=O)COCC12CCNC2. The maximum absolute atomic E-state index is 12.3. The van der Waals surface area contributed by atoms with Gasteiger partial charge in [-0.25, -0.2) is 0 Å². The number of morpholine rings is 1. The summed E-state index contributed by atoms with van der Waals surface area (Å²) in [5.41, 5.74) is 1.97. The van der Waals surface area contributed by atoms with Crippen molar-refractivity contribution in [3.05, 3.63) is 29.8 Å². The van der Waals surface area contributed by atoms with Crippen LogP contribution in [0, 0.1) is 6.92 Å². The monoisotopic (exact) mass is 246 g/mol. The van der Waals surface area contributed by atoms with E-state index in [-0.39, 0.29) is 18.1 Å². The lowest BCUT2D eigenvalue weighted by molar-refractivity contribution is -0.129. The second-order valence-corrected chi connectivity index (χ2v) is 5.16. The van der Waals surface area contributed by atoms with Crippen LogP contribution in [0.2, 0.25) is 0 Å². The largest absolute Gasteiger partial charge is 0.369 e. The highest BCUT2D eigenvalue weighted by atomic mass is 16.5. The third-order valence-corrected chi connectivity index (χ3v) is 3.90. The number of nitrogens with one attached hydrogen (secondary N) is 1. The predicted molar refractivity (Wildman–Crippen MR) is 69.7 cm³/mol. The summed E-state index contributed by atoms with van der Waals surface area (Å²) in [7, 11) is 0. The molecule has 1 spiro atoms. The quantitative estimate of drug-likeness (QED) is 0.806. The minimum absolute atomic E-state index is 0.0688. The number of hydrogen-bond donors (Lipinski definition) is 1. The van der Waals surface area contributed by atoms with E-state index in [1.807, 2.05) is 36.1 Å². The summed E-state index contributed by atoms with van der Waals surface area (Å²) in [6.07, 6.45) is 0.951. The average molecular weight is 246 g/mol. The van der Waals surface area contributed by atoms with Gasteiger partial charge in [-0.05, 0) is 31.5 Å². The van der Waals surface area contributed by atoms with Crippen molar-refractivity contribution in [2.45, 2.75) is 18.9 Å². The Morgan fingerprint density at radius 1 is 1.39 bits per heavy atom. The van der Waals surface area contributed by atoms with Crippen LogP contribution in [-0.2, 0) is 9.53 Å². The van der Waals surface area contributed by atoms with Crippen LogP contribution in [0.15, 0.2) is 24.3 Å². The Bertz CT molecular complexity index is 467. The Morgan fingerprint density at radius 3 is 2.94 bits per heavy atom. The summed E-state index contributed by atoms with van der Waals surface area (Å²) in [6.45, 7) is 4.62. The second-order valence-electron chi connectivity index (χ2n) is 5.16. The Balaban J connectivity index is 2.05. The van der Waals surface area contributed by atoms with Crippen molar-refractivity contribution in [2.75, 3.05) is 31.2 Å². The van der Waals surface area contributed by atoms with Crippen LogP contribution in [0.3, 0.4) is 0 Å². The second kappa shape index (κ2) is 4.37. The van der Waals surface area contributed by atoms with Crippen LogP contribution in [0.25, 0.3) is 0 Å². The highest BCUT2D eigenvalue weighted by molar-refractivity contribution is 5.97. The van der Waals surface area contributed by atoms with Gasteiger partial charge < -0.3 is 15.0 Å². The Hall–Kier alpha value is -1.39. The number of ether oxygens (including phenoxy) is 1. The molecule has 1 unspecified atom stereocenters. The minimum Gasteiger partial charge on any atom is -0.369 e. The van der Waals surface area contributed by atoms with Gasteiger partial charge in [0, 0.05) is 12.2 Å². The van der Waals surface area contributed by atoms with Gasteiger partial charge in [0.25, 0.3) is 5.91 Å². The third-order valence-electron chi connectivity index (χ3n) is 3.90. The van der Waals surface area contributed by atoms with E-state index in [2.05, 4.69) is 5.32 Å². The molecule has 0 bridgehead atoms. The number of aryl methyl sites for hydroxylation is 1. The molecule has 1 atom stereocenters. The lowest BCUT2D eigenvalue weighted by atomic mass is 9.93. The molecule has 2 saturated heterocycles. The zero-order valence-corrected chi connectivity index (χ0v) is 10.6. The van der Waals surface area contributed by atoms with Crippen LogP contribution in [0.1, 0.15) is 12.0 Å². The zero-order chi connectivity index (χ0) is 12.6. The molecule has 4 nitrogen and oxygen atoms in total. The lowest BCUT2D eigenvalue weighted by Crippen LogP contribution is -2.61. The number of hydrogen-bond acceptors (Lipinski definition) is 3. The number of nitrogens with zero attached hydrogens (tertiary/aromatic N) is 1. The molecule has 2 aliphatic heterocycles. The van der Waals surface area contributed by atoms with Crippen LogP contribution < -0.4 is 10.2 Å². The van der Waals surface area contributed by atoms with Crippen molar-refractivity contribution in [1.29, 1.82) is 0 Å². The van der Waals surface area contributed by atoms with E-state index >= 15 is 0 Å². The highest BCUT2D eigenvalue weighted by Crippen LogP contribution is 2.34. The van der Waals surface area contributed by atoms with Gasteiger partial charge in [0.1, 0.15) is 6.61 Å². The molecule has 0 aromatic heterocycles. The van der Waals surface area contributed by atoms with E-state index in [0.29, 0.717) is 6.61 Å². The third kappa shape index (κ3) is 1.72. The molecule has 4 heteroatoms. The molecule has 2 heterocycles. The van der Waals surface area contributed by atoms with Crippen LogP contribution in [0.5, 0.6) is 0 Å². The normalized spacial score (nSPS) is 28.1. The van der Waals surface area contributed by atoms with Gasteiger partial charge in [0.15, 0.2) is 0 Å². The Morgan fingerprint density at radius 2 is 2.22 bits per heavy atom. The highest BCUT2D eigenvalue weighted by Gasteiger charge is 2.46. The minimum atomic E-state index is -0.193. The van der Waals surface area contributed by atoms with E-state index in [1.165, 1.54) is 0 Å². The summed E-state index contributed by atoms with van der Waals surface area (Å²) in [5.74, 6) is 0.0688. The van der Waals surface area contributed by atoms with E-state index < -0.39 is 0 Å². The van der Waals surface area contributed by atoms with Gasteiger partial charge in [0.2, 0.25) is 0 Å². The van der Waals surface area contributed by atoms with Gasteiger partial charge in [-0.3, -0.25) is 4.79 Å². The number of anilines is 1. The number of amides is 1. The molecule has 0 aliphatic carbocycles. The molecule has 1 aromatic carbocycles. The molecular weight excluding hydrogens is 228 g/mol. The zero-order valence-electron chi connectivity index (χ0n) is 10.6. The standard InChI is InChI=1S/C14H18N2O2/c1-11-4-2-3-5-12(11)16-13(17)8-18-10-14(16)6-7-15-9-14/h2-5,15H,6-10H2,1H3. The molecule has 18 heavy (non-hydrogen) atoms. The van der Waals surface area contributed by atoms with E-state index in [1.54, 1.807) is 0 Å². The van der Waals surface area contributed by atoms with Crippen LogP contribution in [0.4, 0.5) is 5.69 Å². The summed E-state index contributed by atoms with van der Waals surface area (Å²) in [4.78, 5) is 14.2. The fraction of sp³-hybridized carbons (Fsp3) is 0.500. The number of carbonyl (C=O) groups excluding carboxylic acids is 1. The molecule has 0 radical (unpaired) electrons. The van der Waals surface area contributed by atoms with E-state index in [9.17, 15) is 4.79 Å².